The van der Waals surface area contributed by atoms with Crippen LogP contribution in [0.1, 0.15) is 0 Å². The molecule has 40 valence electrons. The first-order valence-electron chi connectivity index (χ1n) is 1.40. The van der Waals surface area contributed by atoms with Gasteiger partial charge in [0.1, 0.15) is 0 Å². The predicted molar refractivity (Wildman–Crippen MR) is 27.6 cm³/mol. The van der Waals surface area contributed by atoms with E-state index in [2.05, 4.69) is 5.16 Å². The fraction of sp³-hybridized carbons (Fsp3) is 0. The molecule has 0 aliphatic rings. The predicted octanol–water partition coefficient (Wildman–Crippen LogP) is -1.25. The van der Waals surface area contributed by atoms with Crippen molar-refractivity contribution in [2.45, 2.75) is 0 Å². The SMILES string of the molecule is NC(C=S=O)=NO. The first-order valence-corrected chi connectivity index (χ1v) is 2.21. The zero-order valence-electron chi connectivity index (χ0n) is 3.37. The molecule has 0 aromatic heterocycles. The minimum Gasteiger partial charge on any atom is -0.409 e. The van der Waals surface area contributed by atoms with Gasteiger partial charge in [-0.2, -0.15) is 0 Å². The standard InChI is InChI=1S/C2H4N2O2S/c3-2(4-5)1-7-6/h1,5H,(H2,3,4). The van der Waals surface area contributed by atoms with Crippen molar-refractivity contribution in [1.82, 2.24) is 0 Å². The Morgan fingerprint density at radius 1 is 2.00 bits per heavy atom. The molecule has 0 atom stereocenters. The molecule has 7 heavy (non-hydrogen) atoms. The normalized spacial score (nSPS) is 10.6. The highest BCUT2D eigenvalue weighted by Gasteiger charge is 1.76. The molecule has 0 heterocycles. The second-order valence-electron chi connectivity index (χ2n) is 0.739. The molecule has 0 aromatic rings. The molecular weight excluding hydrogens is 116 g/mol. The summed E-state index contributed by atoms with van der Waals surface area (Å²) in [6.45, 7) is 0. The van der Waals surface area contributed by atoms with E-state index < -0.39 is 0 Å². The molecule has 5 heteroatoms. The highest BCUT2D eigenvalue weighted by molar-refractivity contribution is 7.66. The van der Waals surface area contributed by atoms with Crippen molar-refractivity contribution < 1.29 is 9.42 Å². The first kappa shape index (κ1) is 6.16. The Morgan fingerprint density at radius 2 is 2.57 bits per heavy atom. The average molecular weight is 120 g/mol. The minimum absolute atomic E-state index is 0.144. The van der Waals surface area contributed by atoms with Gasteiger partial charge >= 0.3 is 0 Å². The van der Waals surface area contributed by atoms with E-state index in [1.165, 1.54) is 0 Å². The van der Waals surface area contributed by atoms with Crippen LogP contribution in [0, 0.1) is 0 Å². The number of hydrogen-bond acceptors (Lipinski definition) is 3. The quantitative estimate of drug-likeness (QED) is 0.149. The summed E-state index contributed by atoms with van der Waals surface area (Å²) in [5.41, 5.74) is 4.81. The Kier molecular flexibility index (Phi) is 2.95. The largest absolute Gasteiger partial charge is 0.409 e. The smallest absolute Gasteiger partial charge is 0.175 e. The molecule has 0 saturated heterocycles. The number of amidine groups is 1. The lowest BCUT2D eigenvalue weighted by atomic mass is 10.7. The molecular formula is C2H4N2O2S. The maximum atomic E-state index is 9.49. The Hall–Kier alpha value is -0.840. The molecule has 0 saturated carbocycles. The molecule has 0 bridgehead atoms. The zero-order chi connectivity index (χ0) is 5.70. The van der Waals surface area contributed by atoms with Gasteiger partial charge in [-0.05, 0) is 0 Å². The van der Waals surface area contributed by atoms with E-state index in [0.717, 1.165) is 5.37 Å². The molecule has 0 rings (SSSR count). The van der Waals surface area contributed by atoms with Crippen molar-refractivity contribution >= 4 is 22.5 Å². The summed E-state index contributed by atoms with van der Waals surface area (Å²) in [6.07, 6.45) is 0. The molecule has 0 unspecified atom stereocenters. The van der Waals surface area contributed by atoms with E-state index in [1.54, 1.807) is 0 Å². The maximum Gasteiger partial charge on any atom is 0.175 e. The molecule has 0 aliphatic carbocycles. The van der Waals surface area contributed by atoms with E-state index in [9.17, 15) is 4.21 Å². The van der Waals surface area contributed by atoms with E-state index in [1.807, 2.05) is 0 Å². The Bertz CT molecular complexity index is 126. The highest BCUT2D eigenvalue weighted by atomic mass is 32.1. The van der Waals surface area contributed by atoms with Gasteiger partial charge in [0.05, 0.1) is 16.6 Å². The van der Waals surface area contributed by atoms with Crippen LogP contribution in [0.3, 0.4) is 0 Å². The number of nitrogens with zero attached hydrogens (tertiary/aromatic N) is 1. The van der Waals surface area contributed by atoms with Crippen LogP contribution < -0.4 is 5.73 Å². The van der Waals surface area contributed by atoms with E-state index in [0.29, 0.717) is 0 Å². The summed E-state index contributed by atoms with van der Waals surface area (Å²) in [6, 6.07) is 0. The van der Waals surface area contributed by atoms with Gasteiger partial charge in [0.2, 0.25) is 0 Å². The van der Waals surface area contributed by atoms with Crippen molar-refractivity contribution in [2.24, 2.45) is 10.9 Å². The summed E-state index contributed by atoms with van der Waals surface area (Å²) in [5.74, 6) is -0.167. The topological polar surface area (TPSA) is 75.7 Å². The van der Waals surface area contributed by atoms with Gasteiger partial charge < -0.3 is 10.9 Å². The van der Waals surface area contributed by atoms with Crippen molar-refractivity contribution in [3.63, 3.8) is 0 Å². The fourth-order valence-electron chi connectivity index (χ4n) is 0.0729. The molecule has 4 nitrogen and oxygen atoms in total. The average Bonchev–Trinajstić information content (AvgIpc) is 1.68. The van der Waals surface area contributed by atoms with E-state index in [-0.39, 0.29) is 17.1 Å². The van der Waals surface area contributed by atoms with Crippen molar-refractivity contribution in [3.8, 4) is 0 Å². The van der Waals surface area contributed by atoms with Gasteiger partial charge in [-0.25, -0.2) is 4.21 Å². The summed E-state index contributed by atoms with van der Waals surface area (Å²) >= 11 is 0.144. The molecule has 0 aromatic carbocycles. The van der Waals surface area contributed by atoms with Crippen molar-refractivity contribution in [3.05, 3.63) is 0 Å². The molecule has 0 radical (unpaired) electrons. The summed E-state index contributed by atoms with van der Waals surface area (Å²) in [5, 5.41) is 11.2. The van der Waals surface area contributed by atoms with Crippen LogP contribution in [0.25, 0.3) is 0 Å². The number of rotatable bonds is 1. The van der Waals surface area contributed by atoms with Gasteiger partial charge in [0.15, 0.2) is 5.84 Å². The molecule has 0 amide bonds. The second kappa shape index (κ2) is 3.35. The third kappa shape index (κ3) is 2.98. The van der Waals surface area contributed by atoms with Gasteiger partial charge in [0.25, 0.3) is 0 Å². The highest BCUT2D eigenvalue weighted by Crippen LogP contribution is 1.51. The van der Waals surface area contributed by atoms with E-state index >= 15 is 0 Å². The fourth-order valence-corrected chi connectivity index (χ4v) is 0.219. The van der Waals surface area contributed by atoms with Crippen LogP contribution in [-0.4, -0.2) is 20.6 Å². The summed E-state index contributed by atoms with van der Waals surface area (Å²) in [7, 11) is 0. The van der Waals surface area contributed by atoms with Gasteiger partial charge in [0, 0.05) is 0 Å². The van der Waals surface area contributed by atoms with Crippen LogP contribution in [0.5, 0.6) is 0 Å². The molecule has 0 spiro atoms. The second-order valence-corrected chi connectivity index (χ2v) is 1.17. The third-order valence-corrected chi connectivity index (χ3v) is 0.622. The zero-order valence-corrected chi connectivity index (χ0v) is 4.18. The Labute approximate surface area is 43.7 Å². The van der Waals surface area contributed by atoms with Crippen LogP contribution in [0.15, 0.2) is 5.16 Å². The molecule has 3 N–H and O–H groups in total. The Balaban J connectivity index is 3.82. The lowest BCUT2D eigenvalue weighted by Crippen LogP contribution is -2.11. The van der Waals surface area contributed by atoms with Crippen LogP contribution in [0.2, 0.25) is 0 Å². The van der Waals surface area contributed by atoms with E-state index in [4.69, 9.17) is 10.9 Å². The maximum absolute atomic E-state index is 9.49. The minimum atomic E-state index is -0.167. The monoisotopic (exact) mass is 120 g/mol. The van der Waals surface area contributed by atoms with Gasteiger partial charge in [-0.15, -0.1) is 0 Å². The van der Waals surface area contributed by atoms with Gasteiger partial charge in [-0.1, -0.05) is 5.16 Å². The number of nitrogens with two attached hydrogens (primary N) is 1. The summed E-state index contributed by atoms with van der Waals surface area (Å²) in [4.78, 5) is 0. The Morgan fingerprint density at radius 3 is 2.71 bits per heavy atom. The number of oxime groups is 1. The summed E-state index contributed by atoms with van der Waals surface area (Å²) < 4.78 is 9.49. The van der Waals surface area contributed by atoms with Crippen LogP contribution in [0.4, 0.5) is 0 Å². The lowest BCUT2D eigenvalue weighted by Gasteiger charge is -1.75. The van der Waals surface area contributed by atoms with Crippen molar-refractivity contribution in [1.29, 1.82) is 0 Å². The third-order valence-electron chi connectivity index (χ3n) is 0.284. The van der Waals surface area contributed by atoms with Crippen molar-refractivity contribution in [2.75, 3.05) is 0 Å². The van der Waals surface area contributed by atoms with Crippen LogP contribution >= 0.6 is 0 Å². The van der Waals surface area contributed by atoms with Crippen LogP contribution in [-0.2, 0) is 11.3 Å². The molecule has 0 aliphatic heterocycles. The van der Waals surface area contributed by atoms with Gasteiger partial charge in [-0.3, -0.25) is 0 Å². The lowest BCUT2D eigenvalue weighted by molar-refractivity contribution is 0.319. The molecule has 0 fully saturated rings. The number of hydrogen-bond donors (Lipinski definition) is 2. The first-order chi connectivity index (χ1) is 3.31.